The highest BCUT2D eigenvalue weighted by Crippen LogP contribution is 2.24. The van der Waals surface area contributed by atoms with Crippen molar-refractivity contribution in [2.24, 2.45) is 5.73 Å². The SMILES string of the molecule is Nc1ccc(C(O)CCC(O)C(N)CC(O)c2ccc(N)cc2)cc1. The number of aliphatic hydroxyl groups is 3. The average molecular weight is 345 g/mol. The quantitative estimate of drug-likeness (QED) is 0.401. The molecule has 2 aromatic rings. The number of benzene rings is 2. The molecule has 0 fully saturated rings. The molecule has 6 heteroatoms. The van der Waals surface area contributed by atoms with Gasteiger partial charge >= 0.3 is 0 Å². The Balaban J connectivity index is 1.82. The van der Waals surface area contributed by atoms with Crippen LogP contribution in [0.4, 0.5) is 11.4 Å². The molecule has 0 aliphatic heterocycles. The minimum atomic E-state index is -0.813. The summed E-state index contributed by atoms with van der Waals surface area (Å²) in [6, 6.07) is 13.3. The predicted octanol–water partition coefficient (Wildman–Crippen LogP) is 1.48. The van der Waals surface area contributed by atoms with E-state index in [0.717, 1.165) is 5.56 Å². The van der Waals surface area contributed by atoms with Crippen LogP contribution in [0.3, 0.4) is 0 Å². The zero-order valence-corrected chi connectivity index (χ0v) is 14.1. The largest absolute Gasteiger partial charge is 0.399 e. The van der Waals surface area contributed by atoms with Crippen LogP contribution in [0.5, 0.6) is 0 Å². The molecular weight excluding hydrogens is 318 g/mol. The topological polar surface area (TPSA) is 139 Å². The van der Waals surface area contributed by atoms with Crippen LogP contribution >= 0.6 is 0 Å². The molecule has 136 valence electrons. The minimum absolute atomic E-state index is 0.225. The summed E-state index contributed by atoms with van der Waals surface area (Å²) in [5, 5.41) is 30.6. The molecular formula is C19H27N3O3. The lowest BCUT2D eigenvalue weighted by atomic mass is 9.95. The molecule has 0 amide bonds. The number of aliphatic hydroxyl groups excluding tert-OH is 3. The van der Waals surface area contributed by atoms with E-state index in [1.807, 2.05) is 0 Å². The van der Waals surface area contributed by atoms with E-state index in [2.05, 4.69) is 0 Å². The molecule has 0 bridgehead atoms. The normalized spacial score (nSPS) is 16.2. The van der Waals surface area contributed by atoms with Crippen LogP contribution in [0.25, 0.3) is 0 Å². The number of anilines is 2. The van der Waals surface area contributed by atoms with Crippen LogP contribution in [0.15, 0.2) is 48.5 Å². The smallest absolute Gasteiger partial charge is 0.0805 e. The van der Waals surface area contributed by atoms with Gasteiger partial charge in [0.15, 0.2) is 0 Å². The first-order valence-electron chi connectivity index (χ1n) is 8.37. The molecule has 25 heavy (non-hydrogen) atoms. The molecule has 0 aromatic heterocycles. The number of nitrogen functional groups attached to an aromatic ring is 2. The molecule has 9 N–H and O–H groups in total. The molecule has 0 aliphatic rings. The Morgan fingerprint density at radius 3 is 1.60 bits per heavy atom. The predicted molar refractivity (Wildman–Crippen MR) is 99.5 cm³/mol. The number of nitrogens with two attached hydrogens (primary N) is 3. The maximum Gasteiger partial charge on any atom is 0.0805 e. The summed E-state index contributed by atoms with van der Waals surface area (Å²) >= 11 is 0. The van der Waals surface area contributed by atoms with E-state index in [1.54, 1.807) is 48.5 Å². The van der Waals surface area contributed by atoms with Crippen molar-refractivity contribution in [3.63, 3.8) is 0 Å². The molecule has 4 atom stereocenters. The maximum absolute atomic E-state index is 10.2. The third-order valence-corrected chi connectivity index (χ3v) is 4.37. The first-order chi connectivity index (χ1) is 11.9. The van der Waals surface area contributed by atoms with Gasteiger partial charge in [-0.1, -0.05) is 24.3 Å². The number of hydrogen-bond donors (Lipinski definition) is 6. The van der Waals surface area contributed by atoms with Crippen molar-refractivity contribution in [2.75, 3.05) is 11.5 Å². The summed E-state index contributed by atoms with van der Waals surface area (Å²) in [4.78, 5) is 0. The Kier molecular flexibility index (Phi) is 6.78. The van der Waals surface area contributed by atoms with Crippen LogP contribution in [-0.2, 0) is 0 Å². The van der Waals surface area contributed by atoms with Crippen molar-refractivity contribution in [3.8, 4) is 0 Å². The lowest BCUT2D eigenvalue weighted by molar-refractivity contribution is 0.0731. The fourth-order valence-electron chi connectivity index (χ4n) is 2.70. The summed E-state index contributed by atoms with van der Waals surface area (Å²) in [5.74, 6) is 0. The van der Waals surface area contributed by atoms with Crippen molar-refractivity contribution in [1.29, 1.82) is 0 Å². The van der Waals surface area contributed by atoms with Crippen molar-refractivity contribution in [1.82, 2.24) is 0 Å². The highest BCUT2D eigenvalue weighted by atomic mass is 16.3. The summed E-state index contributed by atoms with van der Waals surface area (Å²) in [6.07, 6.45) is -1.34. The van der Waals surface area contributed by atoms with E-state index >= 15 is 0 Å². The van der Waals surface area contributed by atoms with Gasteiger partial charge in [-0.2, -0.15) is 0 Å². The van der Waals surface area contributed by atoms with Gasteiger partial charge in [0.05, 0.1) is 18.3 Å². The first-order valence-corrected chi connectivity index (χ1v) is 8.37. The average Bonchev–Trinajstić information content (AvgIpc) is 2.60. The van der Waals surface area contributed by atoms with Crippen molar-refractivity contribution < 1.29 is 15.3 Å². The number of rotatable bonds is 8. The molecule has 0 radical (unpaired) electrons. The molecule has 0 saturated heterocycles. The monoisotopic (exact) mass is 345 g/mol. The maximum atomic E-state index is 10.2. The van der Waals surface area contributed by atoms with Gasteiger partial charge < -0.3 is 32.5 Å². The molecule has 2 aromatic carbocycles. The van der Waals surface area contributed by atoms with Crippen LogP contribution < -0.4 is 17.2 Å². The molecule has 0 spiro atoms. The molecule has 6 nitrogen and oxygen atoms in total. The highest BCUT2D eigenvalue weighted by molar-refractivity contribution is 5.40. The summed E-state index contributed by atoms with van der Waals surface area (Å²) in [7, 11) is 0. The fourth-order valence-corrected chi connectivity index (χ4v) is 2.70. The van der Waals surface area contributed by atoms with Gasteiger partial charge in [0.25, 0.3) is 0 Å². The van der Waals surface area contributed by atoms with E-state index in [4.69, 9.17) is 17.2 Å². The Morgan fingerprint density at radius 2 is 1.12 bits per heavy atom. The molecule has 4 unspecified atom stereocenters. The summed E-state index contributed by atoms with van der Waals surface area (Å²) in [6.45, 7) is 0. The van der Waals surface area contributed by atoms with Crippen molar-refractivity contribution in [3.05, 3.63) is 59.7 Å². The van der Waals surface area contributed by atoms with Crippen molar-refractivity contribution >= 4 is 11.4 Å². The third-order valence-electron chi connectivity index (χ3n) is 4.37. The third kappa shape index (κ3) is 5.72. The number of hydrogen-bond acceptors (Lipinski definition) is 6. The standard InChI is InChI=1S/C19H27N3O3/c20-14-5-1-12(2-6-14)17(23)9-10-18(24)16(22)11-19(25)13-3-7-15(21)8-4-13/h1-8,16-19,23-25H,9-11,20-22H2. The van der Waals surface area contributed by atoms with Gasteiger partial charge in [-0.15, -0.1) is 0 Å². The van der Waals surface area contributed by atoms with Gasteiger partial charge in [-0.05, 0) is 54.7 Å². The Bertz CT molecular complexity index is 646. The Hall–Kier alpha value is -2.12. The highest BCUT2D eigenvalue weighted by Gasteiger charge is 2.21. The Morgan fingerprint density at radius 1 is 0.680 bits per heavy atom. The van der Waals surface area contributed by atoms with E-state index in [-0.39, 0.29) is 6.42 Å². The zero-order valence-electron chi connectivity index (χ0n) is 14.1. The molecule has 0 heterocycles. The second kappa shape index (κ2) is 8.82. The molecule has 0 aliphatic carbocycles. The van der Waals surface area contributed by atoms with Gasteiger partial charge in [-0.3, -0.25) is 0 Å². The van der Waals surface area contributed by atoms with E-state index < -0.39 is 24.4 Å². The van der Waals surface area contributed by atoms with E-state index in [9.17, 15) is 15.3 Å². The summed E-state index contributed by atoms with van der Waals surface area (Å²) < 4.78 is 0. The van der Waals surface area contributed by atoms with Crippen LogP contribution in [0.2, 0.25) is 0 Å². The van der Waals surface area contributed by atoms with Crippen molar-refractivity contribution in [2.45, 2.75) is 43.6 Å². The summed E-state index contributed by atoms with van der Waals surface area (Å²) in [5.41, 5.74) is 20.0. The minimum Gasteiger partial charge on any atom is -0.399 e. The lowest BCUT2D eigenvalue weighted by Gasteiger charge is -2.23. The van der Waals surface area contributed by atoms with Gasteiger partial charge in [0.1, 0.15) is 0 Å². The zero-order chi connectivity index (χ0) is 18.4. The second-order valence-electron chi connectivity index (χ2n) is 6.41. The van der Waals surface area contributed by atoms with Crippen LogP contribution in [-0.4, -0.2) is 27.5 Å². The van der Waals surface area contributed by atoms with E-state index in [1.165, 1.54) is 0 Å². The molecule has 2 rings (SSSR count). The van der Waals surface area contributed by atoms with E-state index in [0.29, 0.717) is 29.8 Å². The lowest BCUT2D eigenvalue weighted by Crippen LogP contribution is -2.36. The van der Waals surface area contributed by atoms with Crippen LogP contribution in [0, 0.1) is 0 Å². The second-order valence-corrected chi connectivity index (χ2v) is 6.41. The molecule has 0 saturated carbocycles. The van der Waals surface area contributed by atoms with Gasteiger partial charge in [0, 0.05) is 17.4 Å². The first kappa shape index (κ1) is 19.2. The Labute approximate surface area is 147 Å². The van der Waals surface area contributed by atoms with Gasteiger partial charge in [-0.25, -0.2) is 0 Å². The van der Waals surface area contributed by atoms with Crippen LogP contribution in [0.1, 0.15) is 42.6 Å². The fraction of sp³-hybridized carbons (Fsp3) is 0.368. The van der Waals surface area contributed by atoms with Gasteiger partial charge in [0.2, 0.25) is 0 Å².